The van der Waals surface area contributed by atoms with E-state index in [9.17, 15) is 9.59 Å². The van der Waals surface area contributed by atoms with Crippen LogP contribution in [-0.4, -0.2) is 39.8 Å². The van der Waals surface area contributed by atoms with Gasteiger partial charge < -0.3 is 9.64 Å². The van der Waals surface area contributed by atoms with Gasteiger partial charge in [-0.25, -0.2) is 9.18 Å². The Labute approximate surface area is 205 Å². The van der Waals surface area contributed by atoms with Crippen LogP contribution in [0.2, 0.25) is 10.0 Å². The Morgan fingerprint density at radius 2 is 2.12 bits per heavy atom. The maximum Gasteiger partial charge on any atom is 0.412 e. The minimum absolute atomic E-state index is 0.0124. The fraction of sp³-hybridized carbons (Fsp3) is 0.292. The van der Waals surface area contributed by atoms with Crippen LogP contribution in [0.5, 0.6) is 0 Å². The highest BCUT2D eigenvalue weighted by Gasteiger charge is 2.48. The fourth-order valence-electron chi connectivity index (χ4n) is 4.71. The van der Waals surface area contributed by atoms with Crippen LogP contribution in [0, 0.1) is 5.82 Å². The molecule has 2 aliphatic heterocycles. The monoisotopic (exact) mass is 502 g/mol. The lowest BCUT2D eigenvalue weighted by Gasteiger charge is -2.45. The van der Waals surface area contributed by atoms with Gasteiger partial charge in [0, 0.05) is 17.8 Å². The number of amides is 2. The molecule has 7 nitrogen and oxygen atoms in total. The summed E-state index contributed by atoms with van der Waals surface area (Å²) in [5, 5.41) is 7.44. The maximum atomic E-state index is 15.1. The van der Waals surface area contributed by atoms with Crippen LogP contribution in [0.25, 0.3) is 0 Å². The first-order chi connectivity index (χ1) is 16.3. The summed E-state index contributed by atoms with van der Waals surface area (Å²) in [5.74, 6) is -0.932. The van der Waals surface area contributed by atoms with E-state index in [1.165, 1.54) is 12.3 Å². The van der Waals surface area contributed by atoms with Gasteiger partial charge in [0.05, 0.1) is 40.6 Å². The number of nitrogens with one attached hydrogen (secondary N) is 1. The van der Waals surface area contributed by atoms with Gasteiger partial charge in [0.25, 0.3) is 5.91 Å². The van der Waals surface area contributed by atoms with Gasteiger partial charge in [-0.2, -0.15) is 5.10 Å². The lowest BCUT2D eigenvalue weighted by atomic mass is 9.83. The molecule has 1 fully saturated rings. The van der Waals surface area contributed by atoms with Crippen LogP contribution < -0.4 is 5.32 Å². The summed E-state index contributed by atoms with van der Waals surface area (Å²) < 4.78 is 22.4. The number of piperidine rings is 1. The Kier molecular flexibility index (Phi) is 5.73. The summed E-state index contributed by atoms with van der Waals surface area (Å²) in [5.41, 5.74) is 0.498. The minimum atomic E-state index is -1.31. The molecule has 0 aliphatic carbocycles. The lowest BCUT2D eigenvalue weighted by Crippen LogP contribution is -2.53. The Morgan fingerprint density at radius 3 is 2.91 bits per heavy atom. The van der Waals surface area contributed by atoms with Gasteiger partial charge in [-0.1, -0.05) is 35.3 Å². The number of ether oxygens (including phenoxy) is 1. The zero-order valence-corrected chi connectivity index (χ0v) is 19.7. The van der Waals surface area contributed by atoms with Crippen molar-refractivity contribution in [3.8, 4) is 0 Å². The fourth-order valence-corrected chi connectivity index (χ4v) is 5.07. The van der Waals surface area contributed by atoms with Gasteiger partial charge in [-0.05, 0) is 49.6 Å². The predicted octanol–water partition coefficient (Wildman–Crippen LogP) is 5.63. The predicted molar refractivity (Wildman–Crippen MR) is 126 cm³/mol. The van der Waals surface area contributed by atoms with Crippen molar-refractivity contribution in [2.75, 3.05) is 18.4 Å². The molecule has 176 valence electrons. The zero-order chi connectivity index (χ0) is 24.0. The van der Waals surface area contributed by atoms with Crippen LogP contribution >= 0.6 is 23.2 Å². The Hall–Kier alpha value is -3.10. The molecule has 34 heavy (non-hydrogen) atoms. The van der Waals surface area contributed by atoms with E-state index < -0.39 is 17.5 Å². The van der Waals surface area contributed by atoms with E-state index in [1.807, 2.05) is 25.1 Å². The normalized spacial score (nSPS) is 20.5. The molecule has 1 saturated heterocycles. The molecule has 1 aromatic heterocycles. The van der Waals surface area contributed by atoms with Crippen molar-refractivity contribution in [3.05, 3.63) is 81.3 Å². The molecule has 2 aliphatic rings. The third-order valence-corrected chi connectivity index (χ3v) is 6.92. The first-order valence-corrected chi connectivity index (χ1v) is 11.6. The van der Waals surface area contributed by atoms with Crippen molar-refractivity contribution in [1.82, 2.24) is 14.7 Å². The minimum Gasteiger partial charge on any atom is -0.436 e. The van der Waals surface area contributed by atoms with Crippen LogP contribution in [0.4, 0.5) is 14.9 Å². The second kappa shape index (κ2) is 8.60. The van der Waals surface area contributed by atoms with Crippen LogP contribution in [0.3, 0.4) is 0 Å². The number of halogens is 3. The van der Waals surface area contributed by atoms with E-state index in [-0.39, 0.29) is 29.1 Å². The summed E-state index contributed by atoms with van der Waals surface area (Å²) in [6.45, 7) is 2.41. The molecule has 3 aromatic rings. The number of aromatic nitrogens is 2. The first kappa shape index (κ1) is 22.7. The molecule has 2 amide bonds. The topological polar surface area (TPSA) is 76.5 Å². The first-order valence-electron chi connectivity index (χ1n) is 10.8. The number of anilines is 1. The van der Waals surface area contributed by atoms with Gasteiger partial charge >= 0.3 is 6.09 Å². The molecule has 0 saturated carbocycles. The van der Waals surface area contributed by atoms with E-state index >= 15 is 4.39 Å². The second-order valence-corrected chi connectivity index (χ2v) is 9.41. The molecule has 0 bridgehead atoms. The Bertz CT molecular complexity index is 1300. The van der Waals surface area contributed by atoms with E-state index in [2.05, 4.69) is 10.4 Å². The highest BCUT2D eigenvalue weighted by Crippen LogP contribution is 2.45. The number of hydrogen-bond donors (Lipinski definition) is 1. The number of carbonyl (C=O) groups excluding carboxylic acids is 2. The van der Waals surface area contributed by atoms with Crippen molar-refractivity contribution in [1.29, 1.82) is 0 Å². The maximum absolute atomic E-state index is 15.1. The van der Waals surface area contributed by atoms with Crippen molar-refractivity contribution in [3.63, 3.8) is 0 Å². The van der Waals surface area contributed by atoms with Crippen molar-refractivity contribution < 1.29 is 18.7 Å². The number of carbonyl (C=O) groups is 2. The van der Waals surface area contributed by atoms with E-state index in [0.717, 1.165) is 5.56 Å². The SMILES string of the molecule is C[C@@H](c1cccc(Cl)c1)n1cc(C(=O)N2CCC[C@@]3(C2)OC(=O)Nc2ccc(Cl)c(F)c23)cn1. The summed E-state index contributed by atoms with van der Waals surface area (Å²) in [6, 6.07) is 10.2. The number of hydrogen-bond acceptors (Lipinski definition) is 4. The molecule has 0 radical (unpaired) electrons. The Morgan fingerprint density at radius 1 is 1.29 bits per heavy atom. The smallest absolute Gasteiger partial charge is 0.412 e. The van der Waals surface area contributed by atoms with Crippen LogP contribution in [0.1, 0.15) is 47.3 Å². The zero-order valence-electron chi connectivity index (χ0n) is 18.2. The van der Waals surface area contributed by atoms with Crippen LogP contribution in [-0.2, 0) is 10.3 Å². The largest absolute Gasteiger partial charge is 0.436 e. The molecule has 5 rings (SSSR count). The number of nitrogens with zero attached hydrogens (tertiary/aromatic N) is 3. The van der Waals surface area contributed by atoms with Crippen molar-refractivity contribution >= 4 is 40.9 Å². The number of benzene rings is 2. The Balaban J connectivity index is 1.42. The molecule has 3 heterocycles. The van der Waals surface area contributed by atoms with E-state index in [0.29, 0.717) is 35.7 Å². The highest BCUT2D eigenvalue weighted by atomic mass is 35.5. The van der Waals surface area contributed by atoms with Gasteiger partial charge in [0.2, 0.25) is 0 Å². The summed E-state index contributed by atoms with van der Waals surface area (Å²) in [6.07, 6.45) is 3.39. The van der Waals surface area contributed by atoms with Crippen molar-refractivity contribution in [2.45, 2.75) is 31.4 Å². The van der Waals surface area contributed by atoms with Gasteiger partial charge in [-0.15, -0.1) is 0 Å². The molecular formula is C24H21Cl2FN4O3. The average molecular weight is 503 g/mol. The lowest BCUT2D eigenvalue weighted by molar-refractivity contribution is -0.0418. The summed E-state index contributed by atoms with van der Waals surface area (Å²) >= 11 is 12.1. The van der Waals surface area contributed by atoms with Crippen LogP contribution in [0.15, 0.2) is 48.8 Å². The molecule has 0 unspecified atom stereocenters. The van der Waals surface area contributed by atoms with Gasteiger partial charge in [-0.3, -0.25) is 14.8 Å². The van der Waals surface area contributed by atoms with Gasteiger partial charge in [0.15, 0.2) is 11.4 Å². The number of likely N-dealkylation sites (tertiary alicyclic amines) is 1. The standard InChI is InChI=1S/C24H21Cl2FN4O3/c1-14(15-4-2-5-17(25)10-15)31-12-16(11-28-31)22(32)30-9-3-8-24(13-30)20-19(29-23(33)34-24)7-6-18(26)21(20)27/h2,4-7,10-12,14H,3,8-9,13H2,1H3,(H,29,33)/t14-,24-/m0/s1. The van der Waals surface area contributed by atoms with Gasteiger partial charge in [0.1, 0.15) is 0 Å². The molecule has 1 N–H and O–H groups in total. The molecule has 1 spiro atoms. The summed E-state index contributed by atoms with van der Waals surface area (Å²) in [7, 11) is 0. The third-order valence-electron chi connectivity index (χ3n) is 6.39. The molecule has 2 aromatic carbocycles. The van der Waals surface area contributed by atoms with E-state index in [4.69, 9.17) is 27.9 Å². The average Bonchev–Trinajstić information content (AvgIpc) is 3.30. The number of fused-ring (bicyclic) bond motifs is 2. The third kappa shape index (κ3) is 3.91. The number of rotatable bonds is 3. The van der Waals surface area contributed by atoms with Crippen molar-refractivity contribution in [2.24, 2.45) is 0 Å². The van der Waals surface area contributed by atoms with E-state index in [1.54, 1.807) is 27.9 Å². The molecule has 2 atom stereocenters. The summed E-state index contributed by atoms with van der Waals surface area (Å²) in [4.78, 5) is 27.2. The molecular weight excluding hydrogens is 482 g/mol. The quantitative estimate of drug-likeness (QED) is 0.503. The highest BCUT2D eigenvalue weighted by molar-refractivity contribution is 6.31. The molecule has 10 heteroatoms. The second-order valence-electron chi connectivity index (χ2n) is 8.56.